The predicted octanol–water partition coefficient (Wildman–Crippen LogP) is 2.77. The number of amides is 2. The van der Waals surface area contributed by atoms with Gasteiger partial charge in [0, 0.05) is 0 Å². The van der Waals surface area contributed by atoms with Crippen LogP contribution >= 0.6 is 0 Å². The van der Waals surface area contributed by atoms with Crippen LogP contribution < -0.4 is 9.50 Å². The van der Waals surface area contributed by atoms with Gasteiger partial charge in [0.1, 0.15) is 10.6 Å². The highest BCUT2D eigenvalue weighted by Gasteiger charge is 2.29. The first-order valence-electron chi connectivity index (χ1n) is 7.74. The lowest BCUT2D eigenvalue weighted by molar-refractivity contribution is 0.0879. The monoisotopic (exact) mass is 359 g/mol. The number of fused-ring (bicyclic) bond motifs is 1. The van der Waals surface area contributed by atoms with Gasteiger partial charge in [0.2, 0.25) is 0 Å². The number of benzene rings is 2. The molecule has 6 nitrogen and oxygen atoms in total. The number of carbonyl (C=O) groups is 2. The quantitative estimate of drug-likeness (QED) is 0.670. The summed E-state index contributed by atoms with van der Waals surface area (Å²) < 4.78 is 30.5. The van der Waals surface area contributed by atoms with Crippen LogP contribution in [0.5, 0.6) is 5.75 Å². The molecule has 130 valence electrons. The van der Waals surface area contributed by atoms with E-state index in [-0.39, 0.29) is 27.7 Å². The normalized spacial score (nSPS) is 13.8. The molecule has 1 N–H and O–H groups in total. The zero-order chi connectivity index (χ0) is 18.4. The van der Waals surface area contributed by atoms with Crippen molar-refractivity contribution >= 4 is 21.9 Å². The molecule has 1 aliphatic heterocycles. The Morgan fingerprint density at radius 1 is 0.960 bits per heavy atom. The molecule has 0 radical (unpaired) electrons. The minimum absolute atomic E-state index is 0.0299. The summed E-state index contributed by atoms with van der Waals surface area (Å²) in [6.45, 7) is 5.75. The number of hydrogen-bond acceptors (Lipinski definition) is 5. The van der Waals surface area contributed by atoms with Gasteiger partial charge in [-0.05, 0) is 48.2 Å². The predicted molar refractivity (Wildman–Crippen MR) is 91.3 cm³/mol. The van der Waals surface area contributed by atoms with Crippen LogP contribution in [-0.2, 0) is 10.1 Å². The van der Waals surface area contributed by atoms with E-state index in [0.29, 0.717) is 5.56 Å². The molecule has 2 aromatic carbocycles. The van der Waals surface area contributed by atoms with Crippen LogP contribution in [-0.4, -0.2) is 20.2 Å². The van der Waals surface area contributed by atoms with Crippen molar-refractivity contribution in [2.75, 3.05) is 0 Å². The number of rotatable bonds is 4. The van der Waals surface area contributed by atoms with E-state index in [1.165, 1.54) is 12.1 Å². The second-order valence-corrected chi connectivity index (χ2v) is 7.75. The Bertz CT molecular complexity index is 993. The third kappa shape index (κ3) is 3.15. The Morgan fingerprint density at radius 3 is 2.32 bits per heavy atom. The van der Waals surface area contributed by atoms with Gasteiger partial charge < -0.3 is 4.18 Å². The third-order valence-electron chi connectivity index (χ3n) is 4.07. The van der Waals surface area contributed by atoms with Crippen molar-refractivity contribution in [1.29, 1.82) is 0 Å². The molecule has 0 unspecified atom stereocenters. The first-order valence-corrected chi connectivity index (χ1v) is 9.14. The van der Waals surface area contributed by atoms with Gasteiger partial charge in [0.15, 0.2) is 0 Å². The molecule has 1 aliphatic rings. The summed E-state index contributed by atoms with van der Waals surface area (Å²) in [4.78, 5) is 23.1. The molecule has 0 aliphatic carbocycles. The minimum Gasteiger partial charge on any atom is -0.379 e. The fraction of sp³-hybridized carbons (Fsp3) is 0.222. The molecular formula is C18H17NO5S. The van der Waals surface area contributed by atoms with Crippen LogP contribution in [0, 0.1) is 6.92 Å². The molecule has 0 atom stereocenters. The Kier molecular flexibility index (Phi) is 4.12. The van der Waals surface area contributed by atoms with Crippen molar-refractivity contribution in [2.24, 2.45) is 0 Å². The van der Waals surface area contributed by atoms with Gasteiger partial charge in [-0.1, -0.05) is 26.0 Å². The Balaban J connectivity index is 1.99. The van der Waals surface area contributed by atoms with Crippen molar-refractivity contribution in [3.63, 3.8) is 0 Å². The molecule has 0 aromatic heterocycles. The largest absolute Gasteiger partial charge is 0.379 e. The van der Waals surface area contributed by atoms with E-state index in [2.05, 4.69) is 5.32 Å². The maximum Gasteiger partial charge on any atom is 0.339 e. The van der Waals surface area contributed by atoms with Crippen molar-refractivity contribution in [1.82, 2.24) is 5.32 Å². The van der Waals surface area contributed by atoms with Crippen molar-refractivity contribution in [3.8, 4) is 5.75 Å². The summed E-state index contributed by atoms with van der Waals surface area (Å²) in [5, 5.41) is 2.13. The standard InChI is InChI=1S/C18H17NO5S/c1-10(2)12-5-4-11(3)16(8-12)24-25(22,23)13-6-7-14-15(9-13)18(21)19-17(14)20/h4-10H,1-3H3,(H,19,20,21). The summed E-state index contributed by atoms with van der Waals surface area (Å²) in [6.07, 6.45) is 0. The number of aryl methyl sites for hydroxylation is 1. The van der Waals surface area contributed by atoms with Crippen molar-refractivity contribution in [2.45, 2.75) is 31.6 Å². The number of imide groups is 1. The highest BCUT2D eigenvalue weighted by atomic mass is 32.2. The summed E-state index contributed by atoms with van der Waals surface area (Å²) in [5.41, 5.74) is 1.82. The molecule has 3 rings (SSSR count). The van der Waals surface area contributed by atoms with Gasteiger partial charge in [-0.2, -0.15) is 8.42 Å². The van der Waals surface area contributed by atoms with E-state index < -0.39 is 21.9 Å². The van der Waals surface area contributed by atoms with E-state index in [4.69, 9.17) is 4.18 Å². The topological polar surface area (TPSA) is 89.5 Å². The SMILES string of the molecule is Cc1ccc(C(C)C)cc1OS(=O)(=O)c1ccc2c(c1)C(=O)NC2=O. The van der Waals surface area contributed by atoms with Crippen LogP contribution in [0.25, 0.3) is 0 Å². The first kappa shape index (κ1) is 17.2. The lowest BCUT2D eigenvalue weighted by Crippen LogP contribution is -2.19. The summed E-state index contributed by atoms with van der Waals surface area (Å²) >= 11 is 0. The summed E-state index contributed by atoms with van der Waals surface area (Å²) in [5.74, 6) is -0.687. The van der Waals surface area contributed by atoms with Crippen LogP contribution in [0.1, 0.15) is 51.6 Å². The smallest absolute Gasteiger partial charge is 0.339 e. The third-order valence-corrected chi connectivity index (χ3v) is 5.30. The van der Waals surface area contributed by atoms with E-state index in [9.17, 15) is 18.0 Å². The first-order chi connectivity index (χ1) is 11.7. The number of hydrogen-bond donors (Lipinski definition) is 1. The molecule has 7 heteroatoms. The highest BCUT2D eigenvalue weighted by molar-refractivity contribution is 7.87. The van der Waals surface area contributed by atoms with Crippen molar-refractivity contribution < 1.29 is 22.2 Å². The van der Waals surface area contributed by atoms with E-state index >= 15 is 0 Å². The van der Waals surface area contributed by atoms with Crippen LogP contribution in [0.2, 0.25) is 0 Å². The van der Waals surface area contributed by atoms with Gasteiger partial charge in [-0.3, -0.25) is 14.9 Å². The van der Waals surface area contributed by atoms with Gasteiger partial charge >= 0.3 is 10.1 Å². The molecule has 0 bridgehead atoms. The van der Waals surface area contributed by atoms with Crippen LogP contribution in [0.3, 0.4) is 0 Å². The molecule has 0 saturated carbocycles. The lowest BCUT2D eigenvalue weighted by Gasteiger charge is -2.13. The summed E-state index contributed by atoms with van der Waals surface area (Å²) in [6, 6.07) is 9.14. The molecule has 2 aromatic rings. The van der Waals surface area contributed by atoms with Gasteiger partial charge in [-0.25, -0.2) is 0 Å². The fourth-order valence-corrected chi connectivity index (χ4v) is 3.54. The maximum atomic E-state index is 12.6. The Hall–Kier alpha value is -2.67. The maximum absolute atomic E-state index is 12.6. The average Bonchev–Trinajstić information content (AvgIpc) is 2.83. The Morgan fingerprint density at radius 2 is 1.64 bits per heavy atom. The van der Waals surface area contributed by atoms with Gasteiger partial charge in [-0.15, -0.1) is 0 Å². The molecular weight excluding hydrogens is 342 g/mol. The van der Waals surface area contributed by atoms with Gasteiger partial charge in [0.25, 0.3) is 11.8 Å². The van der Waals surface area contributed by atoms with E-state index in [1.807, 2.05) is 19.9 Å². The lowest BCUT2D eigenvalue weighted by atomic mass is 10.0. The molecule has 0 saturated heterocycles. The second kappa shape index (κ2) is 6.00. The highest BCUT2D eigenvalue weighted by Crippen LogP contribution is 2.28. The number of nitrogens with one attached hydrogen (secondary N) is 1. The molecule has 25 heavy (non-hydrogen) atoms. The summed E-state index contributed by atoms with van der Waals surface area (Å²) in [7, 11) is -4.13. The number of carbonyl (C=O) groups excluding carboxylic acids is 2. The molecule has 0 spiro atoms. The minimum atomic E-state index is -4.13. The van der Waals surface area contributed by atoms with Gasteiger partial charge in [0.05, 0.1) is 11.1 Å². The Labute approximate surface area is 145 Å². The van der Waals surface area contributed by atoms with Crippen LogP contribution in [0.15, 0.2) is 41.3 Å². The zero-order valence-electron chi connectivity index (χ0n) is 14.0. The fourth-order valence-electron chi connectivity index (χ4n) is 2.53. The average molecular weight is 359 g/mol. The van der Waals surface area contributed by atoms with E-state index in [1.54, 1.807) is 19.1 Å². The molecule has 0 fully saturated rings. The second-order valence-electron chi connectivity index (χ2n) is 6.21. The zero-order valence-corrected chi connectivity index (χ0v) is 14.8. The molecule has 1 heterocycles. The van der Waals surface area contributed by atoms with Crippen molar-refractivity contribution in [3.05, 3.63) is 58.7 Å². The van der Waals surface area contributed by atoms with E-state index in [0.717, 1.165) is 11.6 Å². The van der Waals surface area contributed by atoms with Crippen LogP contribution in [0.4, 0.5) is 0 Å². The molecule has 2 amide bonds.